The van der Waals surface area contributed by atoms with E-state index < -0.39 is 11.7 Å². The third-order valence-electron chi connectivity index (χ3n) is 2.58. The minimum atomic E-state index is -4.46. The fourth-order valence-corrected chi connectivity index (χ4v) is 1.85. The van der Waals surface area contributed by atoms with Crippen molar-refractivity contribution in [3.05, 3.63) is 52.7 Å². The van der Waals surface area contributed by atoms with Gasteiger partial charge in [0.1, 0.15) is 0 Å². The molecule has 0 bridgehead atoms. The molecule has 0 amide bonds. The summed E-state index contributed by atoms with van der Waals surface area (Å²) in [7, 11) is 0. The summed E-state index contributed by atoms with van der Waals surface area (Å²) in [6, 6.07) is 7.46. The van der Waals surface area contributed by atoms with E-state index in [9.17, 15) is 13.2 Å². The quantitative estimate of drug-likeness (QED) is 0.908. The number of aliphatic hydroxyl groups is 1. The molecule has 0 spiro atoms. The molecule has 0 aliphatic carbocycles. The van der Waals surface area contributed by atoms with Crippen LogP contribution in [-0.4, -0.2) is 10.1 Å². The highest BCUT2D eigenvalue weighted by Crippen LogP contribution is 2.33. The van der Waals surface area contributed by atoms with Crippen molar-refractivity contribution in [3.8, 4) is 11.3 Å². The lowest BCUT2D eigenvalue weighted by Gasteiger charge is -2.09. The number of hydrogen-bond donors (Lipinski definition) is 1. The van der Waals surface area contributed by atoms with Gasteiger partial charge in [0.25, 0.3) is 0 Å². The van der Waals surface area contributed by atoms with Crippen molar-refractivity contribution in [1.82, 2.24) is 4.98 Å². The third-order valence-corrected chi connectivity index (χ3v) is 2.87. The van der Waals surface area contributed by atoms with Crippen molar-refractivity contribution in [1.29, 1.82) is 0 Å². The Morgan fingerprint density at radius 2 is 1.79 bits per heavy atom. The highest BCUT2D eigenvalue weighted by atomic mass is 35.5. The maximum absolute atomic E-state index is 12.5. The molecule has 2 nitrogen and oxygen atoms in total. The van der Waals surface area contributed by atoms with E-state index >= 15 is 0 Å². The van der Waals surface area contributed by atoms with Crippen LogP contribution in [0.4, 0.5) is 13.2 Å². The summed E-state index contributed by atoms with van der Waals surface area (Å²) in [5, 5.41) is 8.85. The summed E-state index contributed by atoms with van der Waals surface area (Å²) >= 11 is 5.83. The summed E-state index contributed by atoms with van der Waals surface area (Å²) in [5.74, 6) is 0. The predicted octanol–water partition coefficient (Wildman–Crippen LogP) is 3.91. The van der Waals surface area contributed by atoms with Crippen LogP contribution >= 0.6 is 11.6 Å². The molecule has 0 unspecified atom stereocenters. The molecule has 1 aromatic carbocycles. The van der Waals surface area contributed by atoms with E-state index in [2.05, 4.69) is 4.98 Å². The first-order valence-corrected chi connectivity index (χ1v) is 5.72. The number of aromatic nitrogens is 1. The van der Waals surface area contributed by atoms with Crippen LogP contribution in [0.15, 0.2) is 36.5 Å². The van der Waals surface area contributed by atoms with Crippen LogP contribution in [0, 0.1) is 0 Å². The molecule has 2 aromatic rings. The van der Waals surface area contributed by atoms with Gasteiger partial charge in [0.15, 0.2) is 0 Å². The van der Waals surface area contributed by atoms with Crippen molar-refractivity contribution >= 4 is 11.6 Å². The van der Waals surface area contributed by atoms with E-state index in [1.165, 1.54) is 0 Å². The Balaban J connectivity index is 2.40. The maximum atomic E-state index is 12.5. The zero-order chi connectivity index (χ0) is 14.0. The number of nitrogens with zero attached hydrogens (tertiary/aromatic N) is 1. The molecule has 0 aliphatic heterocycles. The lowest BCUT2D eigenvalue weighted by molar-refractivity contribution is -0.137. The topological polar surface area (TPSA) is 33.1 Å². The van der Waals surface area contributed by atoms with Gasteiger partial charge in [0, 0.05) is 11.8 Å². The number of pyridine rings is 1. The van der Waals surface area contributed by atoms with Gasteiger partial charge in [-0.15, -0.1) is 0 Å². The normalized spacial score (nSPS) is 11.6. The van der Waals surface area contributed by atoms with Crippen molar-refractivity contribution < 1.29 is 18.3 Å². The summed E-state index contributed by atoms with van der Waals surface area (Å²) < 4.78 is 37.4. The van der Waals surface area contributed by atoms with Crippen LogP contribution in [0.1, 0.15) is 11.1 Å². The molecule has 0 saturated carbocycles. The second-order valence-electron chi connectivity index (χ2n) is 3.91. The van der Waals surface area contributed by atoms with Crippen LogP contribution in [0.25, 0.3) is 11.3 Å². The maximum Gasteiger partial charge on any atom is 0.417 e. The first-order valence-electron chi connectivity index (χ1n) is 5.34. The van der Waals surface area contributed by atoms with Gasteiger partial charge in [-0.3, -0.25) is 4.98 Å². The number of benzene rings is 1. The van der Waals surface area contributed by atoms with E-state index in [1.54, 1.807) is 24.3 Å². The third kappa shape index (κ3) is 3.05. The highest BCUT2D eigenvalue weighted by Gasteiger charge is 2.31. The molecule has 0 saturated heterocycles. The van der Waals surface area contributed by atoms with E-state index in [0.29, 0.717) is 11.1 Å². The molecule has 2 rings (SSSR count). The Hall–Kier alpha value is -1.59. The number of halogens is 4. The predicted molar refractivity (Wildman–Crippen MR) is 65.6 cm³/mol. The molecule has 6 heteroatoms. The van der Waals surface area contributed by atoms with Crippen LogP contribution in [0.3, 0.4) is 0 Å². The molecule has 0 radical (unpaired) electrons. The zero-order valence-electron chi connectivity index (χ0n) is 9.58. The smallest absolute Gasteiger partial charge is 0.392 e. The van der Waals surface area contributed by atoms with Crippen molar-refractivity contribution in [2.75, 3.05) is 0 Å². The van der Waals surface area contributed by atoms with E-state index in [1.807, 2.05) is 0 Å². The molecule has 1 aromatic heterocycles. The first kappa shape index (κ1) is 13.8. The lowest BCUT2D eigenvalue weighted by Crippen LogP contribution is -2.05. The summed E-state index contributed by atoms with van der Waals surface area (Å²) in [5.41, 5.74) is 0.690. The Kier molecular flexibility index (Phi) is 3.78. The minimum absolute atomic E-state index is 0.0634. The van der Waals surface area contributed by atoms with Crippen LogP contribution in [0.2, 0.25) is 5.02 Å². The zero-order valence-corrected chi connectivity index (χ0v) is 10.3. The molecular weight excluding hydrogens is 279 g/mol. The number of aliphatic hydroxyl groups excluding tert-OH is 1. The average Bonchev–Trinajstić information content (AvgIpc) is 2.38. The average molecular weight is 288 g/mol. The molecule has 1 N–H and O–H groups in total. The van der Waals surface area contributed by atoms with E-state index in [0.717, 1.165) is 12.3 Å². The molecule has 0 atom stereocenters. The van der Waals surface area contributed by atoms with Crippen molar-refractivity contribution in [2.45, 2.75) is 12.8 Å². The highest BCUT2D eigenvalue weighted by molar-refractivity contribution is 6.33. The molecule has 0 aliphatic rings. The summed E-state index contributed by atoms with van der Waals surface area (Å²) in [6.07, 6.45) is -3.71. The lowest BCUT2D eigenvalue weighted by atomic mass is 10.1. The fraction of sp³-hybridized carbons (Fsp3) is 0.154. The first-order chi connectivity index (χ1) is 8.91. The molecule has 0 fully saturated rings. The second-order valence-corrected chi connectivity index (χ2v) is 4.31. The number of alkyl halides is 3. The fourth-order valence-electron chi connectivity index (χ4n) is 1.57. The van der Waals surface area contributed by atoms with E-state index in [-0.39, 0.29) is 17.3 Å². The van der Waals surface area contributed by atoms with Gasteiger partial charge in [0.05, 0.1) is 22.9 Å². The molecule has 100 valence electrons. The summed E-state index contributed by atoms with van der Waals surface area (Å²) in [6.45, 7) is -0.103. The van der Waals surface area contributed by atoms with Crippen molar-refractivity contribution in [2.24, 2.45) is 0 Å². The van der Waals surface area contributed by atoms with E-state index in [4.69, 9.17) is 16.7 Å². The monoisotopic (exact) mass is 287 g/mol. The number of hydrogen-bond acceptors (Lipinski definition) is 2. The van der Waals surface area contributed by atoms with Crippen LogP contribution in [0.5, 0.6) is 0 Å². The Morgan fingerprint density at radius 3 is 2.26 bits per heavy atom. The van der Waals surface area contributed by atoms with Gasteiger partial charge in [0.2, 0.25) is 0 Å². The second kappa shape index (κ2) is 5.19. The number of rotatable bonds is 2. The summed E-state index contributed by atoms with van der Waals surface area (Å²) in [4.78, 5) is 3.76. The van der Waals surface area contributed by atoms with Gasteiger partial charge < -0.3 is 5.11 Å². The van der Waals surface area contributed by atoms with Crippen LogP contribution < -0.4 is 0 Å². The van der Waals surface area contributed by atoms with Gasteiger partial charge >= 0.3 is 6.18 Å². The van der Waals surface area contributed by atoms with Gasteiger partial charge in [-0.25, -0.2) is 0 Å². The molecular formula is C13H9ClF3NO. The largest absolute Gasteiger partial charge is 0.417 e. The molecule has 1 heterocycles. The molecule has 19 heavy (non-hydrogen) atoms. The Bertz CT molecular complexity index is 581. The minimum Gasteiger partial charge on any atom is -0.392 e. The standard InChI is InChI=1S/C13H9ClF3NO/c14-11-5-10(13(15,16)17)6-18-12(11)9-3-1-8(7-19)2-4-9/h1-6,19H,7H2. The van der Waals surface area contributed by atoms with Gasteiger partial charge in [-0.05, 0) is 11.6 Å². The SMILES string of the molecule is OCc1ccc(-c2ncc(C(F)(F)F)cc2Cl)cc1. The Morgan fingerprint density at radius 1 is 1.16 bits per heavy atom. The van der Waals surface area contributed by atoms with Crippen LogP contribution in [-0.2, 0) is 12.8 Å². The Labute approximate surface area is 112 Å². The van der Waals surface area contributed by atoms with Gasteiger partial charge in [-0.2, -0.15) is 13.2 Å². The van der Waals surface area contributed by atoms with Crippen molar-refractivity contribution in [3.63, 3.8) is 0 Å². The van der Waals surface area contributed by atoms with Gasteiger partial charge in [-0.1, -0.05) is 35.9 Å².